The maximum Gasteiger partial charge on any atom is 0.501 e. The summed E-state index contributed by atoms with van der Waals surface area (Å²) in [4.78, 5) is -0.964. The molecule has 10 heteroatoms. The Kier molecular flexibility index (Phi) is 3.71. The van der Waals surface area contributed by atoms with Gasteiger partial charge in [0.1, 0.15) is 22.2 Å². The van der Waals surface area contributed by atoms with Crippen LogP contribution in [0.25, 0.3) is 10.9 Å². The van der Waals surface area contributed by atoms with Gasteiger partial charge in [-0.2, -0.15) is 18.3 Å². The Morgan fingerprint density at radius 3 is 2.54 bits per heavy atom. The zero-order chi connectivity index (χ0) is 17.5. The number of ether oxygens (including phenoxy) is 1. The van der Waals surface area contributed by atoms with Crippen LogP contribution in [-0.4, -0.2) is 24.1 Å². The van der Waals surface area contributed by atoms with E-state index in [-0.39, 0.29) is 22.4 Å². The van der Waals surface area contributed by atoms with Gasteiger partial charge in [-0.25, -0.2) is 12.8 Å². The summed E-state index contributed by atoms with van der Waals surface area (Å²) in [6.45, 7) is 0. The lowest BCUT2D eigenvalue weighted by Crippen LogP contribution is -2.23. The molecule has 0 spiro atoms. The minimum atomic E-state index is -5.56. The average molecular weight is 360 g/mol. The number of alkyl halides is 3. The lowest BCUT2D eigenvalue weighted by Gasteiger charge is -2.11. The first kappa shape index (κ1) is 16.2. The molecule has 2 aromatic carbocycles. The molecule has 0 radical (unpaired) electrons. The van der Waals surface area contributed by atoms with Crippen molar-refractivity contribution in [3.05, 3.63) is 48.4 Å². The maximum absolute atomic E-state index is 13.2. The van der Waals surface area contributed by atoms with Crippen LogP contribution in [0.3, 0.4) is 0 Å². The molecule has 0 fully saturated rings. The van der Waals surface area contributed by atoms with Crippen LogP contribution in [0.4, 0.5) is 17.6 Å². The van der Waals surface area contributed by atoms with Gasteiger partial charge in [-0.1, -0.05) is 6.07 Å². The normalized spacial score (nSPS) is 12.5. The van der Waals surface area contributed by atoms with E-state index in [1.54, 1.807) is 0 Å². The van der Waals surface area contributed by atoms with E-state index in [0.717, 1.165) is 24.4 Å². The third kappa shape index (κ3) is 2.68. The molecule has 1 N–H and O–H groups in total. The van der Waals surface area contributed by atoms with E-state index in [1.165, 1.54) is 18.2 Å². The van der Waals surface area contributed by atoms with Crippen LogP contribution >= 0.6 is 0 Å². The quantitative estimate of drug-likeness (QED) is 0.722. The highest BCUT2D eigenvalue weighted by molar-refractivity contribution is 7.92. The third-order valence-electron chi connectivity index (χ3n) is 3.16. The third-order valence-corrected chi connectivity index (χ3v) is 4.68. The van der Waals surface area contributed by atoms with E-state index in [9.17, 15) is 26.0 Å². The van der Waals surface area contributed by atoms with Gasteiger partial charge in [0.25, 0.3) is 9.84 Å². The molecule has 0 aliphatic rings. The number of nitrogens with zero attached hydrogens (tertiary/aromatic N) is 1. The molecule has 3 aromatic rings. The minimum absolute atomic E-state index is 0.0181. The van der Waals surface area contributed by atoms with Gasteiger partial charge in [0.05, 0.1) is 17.1 Å². The van der Waals surface area contributed by atoms with Crippen molar-refractivity contribution < 1.29 is 30.7 Å². The zero-order valence-electron chi connectivity index (χ0n) is 11.6. The molecule has 0 saturated carbocycles. The van der Waals surface area contributed by atoms with Gasteiger partial charge in [0, 0.05) is 6.07 Å². The summed E-state index contributed by atoms with van der Waals surface area (Å²) in [5.41, 5.74) is -5.79. The van der Waals surface area contributed by atoms with Crippen LogP contribution in [0, 0.1) is 5.82 Å². The molecule has 0 atom stereocenters. The first-order chi connectivity index (χ1) is 11.2. The second-order valence-electron chi connectivity index (χ2n) is 4.73. The van der Waals surface area contributed by atoms with E-state index in [0.29, 0.717) is 0 Å². The second-order valence-corrected chi connectivity index (χ2v) is 6.64. The molecule has 1 heterocycles. The predicted molar refractivity (Wildman–Crippen MR) is 75.8 cm³/mol. The summed E-state index contributed by atoms with van der Waals surface area (Å²) >= 11 is 0. The number of fused-ring (bicyclic) bond motifs is 1. The Balaban J connectivity index is 2.12. The van der Waals surface area contributed by atoms with Crippen molar-refractivity contribution in [2.24, 2.45) is 0 Å². The number of hydrogen-bond donors (Lipinski definition) is 1. The molecule has 0 bridgehead atoms. The van der Waals surface area contributed by atoms with Crippen LogP contribution in [0.2, 0.25) is 0 Å². The summed E-state index contributed by atoms with van der Waals surface area (Å²) in [6, 6.07) is 6.92. The summed E-state index contributed by atoms with van der Waals surface area (Å²) in [5.74, 6) is -0.429. The molecular weight excluding hydrogens is 352 g/mol. The average Bonchev–Trinajstić information content (AvgIpc) is 2.96. The van der Waals surface area contributed by atoms with E-state index >= 15 is 0 Å². The lowest BCUT2D eigenvalue weighted by atomic mass is 10.2. The minimum Gasteiger partial charge on any atom is -0.456 e. The Hall–Kier alpha value is -2.62. The molecule has 0 aliphatic carbocycles. The van der Waals surface area contributed by atoms with Crippen molar-refractivity contribution in [2.75, 3.05) is 0 Å². The molecule has 126 valence electrons. The molecule has 0 saturated heterocycles. The molecule has 0 aliphatic heterocycles. The van der Waals surface area contributed by atoms with Gasteiger partial charge in [-0.05, 0) is 24.3 Å². The molecule has 3 rings (SSSR count). The van der Waals surface area contributed by atoms with Crippen LogP contribution in [0.15, 0.2) is 47.5 Å². The van der Waals surface area contributed by atoms with E-state index < -0.39 is 26.1 Å². The van der Waals surface area contributed by atoms with Crippen molar-refractivity contribution in [3.8, 4) is 11.5 Å². The number of nitrogens with one attached hydrogen (secondary N) is 1. The molecule has 1 aromatic heterocycles. The molecule has 0 amide bonds. The highest BCUT2D eigenvalue weighted by Gasteiger charge is 2.48. The number of H-pyrrole nitrogens is 1. The fraction of sp³-hybridized carbons (Fsp3) is 0.0714. The van der Waals surface area contributed by atoms with Gasteiger partial charge in [-0.3, -0.25) is 5.10 Å². The standard InChI is InChI=1S/C14H8F4N2O3S/c15-8-2-1-3-9(6-8)23-11-4-5-12(13-10(11)7-19-20-13)24(21,22)14(16,17)18/h1-7H,(H,19,20). The summed E-state index contributed by atoms with van der Waals surface area (Å²) in [5, 5.41) is 5.81. The fourth-order valence-corrected chi connectivity index (χ4v) is 3.00. The first-order valence-corrected chi connectivity index (χ1v) is 7.89. The van der Waals surface area contributed by atoms with Crippen LogP contribution in [-0.2, 0) is 9.84 Å². The smallest absolute Gasteiger partial charge is 0.456 e. The first-order valence-electron chi connectivity index (χ1n) is 6.41. The van der Waals surface area contributed by atoms with Gasteiger partial charge < -0.3 is 4.74 Å². The van der Waals surface area contributed by atoms with E-state index in [4.69, 9.17) is 4.74 Å². The van der Waals surface area contributed by atoms with E-state index in [1.807, 2.05) is 0 Å². The summed E-state index contributed by atoms with van der Waals surface area (Å²) in [6.07, 6.45) is 1.12. The van der Waals surface area contributed by atoms with Gasteiger partial charge in [-0.15, -0.1) is 0 Å². The second kappa shape index (κ2) is 5.48. The predicted octanol–water partition coefficient (Wildman–Crippen LogP) is 3.79. The SMILES string of the molecule is O=S(=O)(c1ccc(Oc2cccc(F)c2)c2cn[nH]c12)C(F)(F)F. The lowest BCUT2D eigenvalue weighted by molar-refractivity contribution is -0.0435. The van der Waals surface area contributed by atoms with Gasteiger partial charge in [0.15, 0.2) is 0 Å². The maximum atomic E-state index is 13.2. The molecule has 24 heavy (non-hydrogen) atoms. The number of hydrogen-bond acceptors (Lipinski definition) is 4. The Labute approximate surface area is 132 Å². The Morgan fingerprint density at radius 1 is 1.12 bits per heavy atom. The molecule has 0 unspecified atom stereocenters. The number of aromatic amines is 1. The Bertz CT molecular complexity index is 1010. The van der Waals surface area contributed by atoms with Crippen molar-refractivity contribution in [1.82, 2.24) is 10.2 Å². The highest BCUT2D eigenvalue weighted by Crippen LogP contribution is 2.37. The van der Waals surface area contributed by atoms with Crippen molar-refractivity contribution >= 4 is 20.7 Å². The van der Waals surface area contributed by atoms with Crippen LogP contribution < -0.4 is 4.74 Å². The number of halogens is 4. The molecular formula is C14H8F4N2O3S. The number of rotatable bonds is 3. The zero-order valence-corrected chi connectivity index (χ0v) is 12.5. The number of sulfone groups is 1. The van der Waals surface area contributed by atoms with E-state index in [2.05, 4.69) is 10.2 Å². The summed E-state index contributed by atoms with van der Waals surface area (Å²) in [7, 11) is -5.56. The number of benzene rings is 2. The van der Waals surface area contributed by atoms with Crippen molar-refractivity contribution in [3.63, 3.8) is 0 Å². The number of aromatic nitrogens is 2. The van der Waals surface area contributed by atoms with Gasteiger partial charge in [0.2, 0.25) is 0 Å². The monoisotopic (exact) mass is 360 g/mol. The summed E-state index contributed by atoms with van der Waals surface area (Å²) < 4.78 is 80.1. The highest BCUT2D eigenvalue weighted by atomic mass is 32.2. The Morgan fingerprint density at radius 2 is 1.88 bits per heavy atom. The molecule has 5 nitrogen and oxygen atoms in total. The topological polar surface area (TPSA) is 72.1 Å². The van der Waals surface area contributed by atoms with Crippen LogP contribution in [0.5, 0.6) is 11.5 Å². The fourth-order valence-electron chi connectivity index (χ4n) is 2.08. The van der Waals surface area contributed by atoms with Crippen LogP contribution in [0.1, 0.15) is 0 Å². The van der Waals surface area contributed by atoms with Crippen molar-refractivity contribution in [1.29, 1.82) is 0 Å². The largest absolute Gasteiger partial charge is 0.501 e. The van der Waals surface area contributed by atoms with Gasteiger partial charge >= 0.3 is 5.51 Å². The van der Waals surface area contributed by atoms with Crippen molar-refractivity contribution in [2.45, 2.75) is 10.4 Å².